The van der Waals surface area contributed by atoms with Crippen LogP contribution in [0, 0.1) is 5.92 Å². The minimum atomic E-state index is -0.0700. The summed E-state index contributed by atoms with van der Waals surface area (Å²) in [7, 11) is 0. The first kappa shape index (κ1) is 14.7. The van der Waals surface area contributed by atoms with Crippen LogP contribution >= 0.6 is 35.0 Å². The average molecular weight is 331 g/mol. The van der Waals surface area contributed by atoms with Crippen LogP contribution in [0.15, 0.2) is 18.2 Å². The first-order chi connectivity index (χ1) is 9.60. The number of carbonyl (C=O) groups is 1. The van der Waals surface area contributed by atoms with E-state index in [9.17, 15) is 4.79 Å². The van der Waals surface area contributed by atoms with Crippen molar-refractivity contribution < 1.29 is 9.53 Å². The lowest BCUT2D eigenvalue weighted by Gasteiger charge is -2.37. The van der Waals surface area contributed by atoms with Gasteiger partial charge in [-0.2, -0.15) is 11.8 Å². The molecule has 0 N–H and O–H groups in total. The maximum Gasteiger partial charge on any atom is 0.166 e. The van der Waals surface area contributed by atoms with E-state index < -0.39 is 0 Å². The fourth-order valence-electron chi connectivity index (χ4n) is 3.00. The molecule has 3 rings (SSSR count). The van der Waals surface area contributed by atoms with E-state index in [0.29, 0.717) is 22.2 Å². The molecule has 2 nitrogen and oxygen atoms in total. The number of ether oxygens (including phenoxy) is 1. The van der Waals surface area contributed by atoms with Crippen molar-refractivity contribution in [2.24, 2.45) is 5.92 Å². The second kappa shape index (κ2) is 5.88. The van der Waals surface area contributed by atoms with Crippen LogP contribution in [0.1, 0.15) is 29.6 Å². The van der Waals surface area contributed by atoms with Gasteiger partial charge in [-0.3, -0.25) is 4.79 Å². The van der Waals surface area contributed by atoms with Crippen LogP contribution in [-0.2, 0) is 4.74 Å². The number of halogens is 2. The van der Waals surface area contributed by atoms with E-state index in [-0.39, 0.29) is 17.3 Å². The summed E-state index contributed by atoms with van der Waals surface area (Å²) < 4.78 is 5.97. The van der Waals surface area contributed by atoms with Crippen molar-refractivity contribution >= 4 is 40.7 Å². The van der Waals surface area contributed by atoms with Crippen LogP contribution in [0.25, 0.3) is 0 Å². The highest BCUT2D eigenvalue weighted by Gasteiger charge is 2.42. The Morgan fingerprint density at radius 2 is 2.20 bits per heavy atom. The zero-order valence-corrected chi connectivity index (χ0v) is 13.4. The van der Waals surface area contributed by atoms with E-state index in [1.807, 2.05) is 11.8 Å². The van der Waals surface area contributed by atoms with Gasteiger partial charge in [0.05, 0.1) is 15.6 Å². The van der Waals surface area contributed by atoms with E-state index in [1.54, 1.807) is 18.2 Å². The molecule has 1 spiro atoms. The van der Waals surface area contributed by atoms with Crippen molar-refractivity contribution in [1.29, 1.82) is 0 Å². The second-order valence-electron chi connectivity index (χ2n) is 5.52. The summed E-state index contributed by atoms with van der Waals surface area (Å²) in [4.78, 5) is 12.6. The molecule has 108 valence electrons. The molecule has 0 bridgehead atoms. The molecule has 1 aromatic rings. The van der Waals surface area contributed by atoms with Gasteiger partial charge in [0.25, 0.3) is 0 Å². The van der Waals surface area contributed by atoms with Gasteiger partial charge in [-0.25, -0.2) is 0 Å². The molecule has 2 aliphatic rings. The minimum absolute atomic E-state index is 0.0414. The van der Waals surface area contributed by atoms with Crippen molar-refractivity contribution in [3.05, 3.63) is 33.8 Å². The molecule has 2 aliphatic heterocycles. The molecule has 20 heavy (non-hydrogen) atoms. The van der Waals surface area contributed by atoms with Gasteiger partial charge >= 0.3 is 0 Å². The van der Waals surface area contributed by atoms with E-state index >= 15 is 0 Å². The largest absolute Gasteiger partial charge is 0.374 e. The lowest BCUT2D eigenvalue weighted by atomic mass is 9.81. The van der Waals surface area contributed by atoms with Crippen molar-refractivity contribution in [2.75, 3.05) is 18.1 Å². The van der Waals surface area contributed by atoms with Gasteiger partial charge in [-0.1, -0.05) is 23.2 Å². The van der Waals surface area contributed by atoms with E-state index in [2.05, 4.69) is 0 Å². The van der Waals surface area contributed by atoms with Gasteiger partial charge in [0.1, 0.15) is 0 Å². The quantitative estimate of drug-likeness (QED) is 0.748. The predicted octanol–water partition coefficient (Wildman–Crippen LogP) is 4.48. The molecule has 2 saturated heterocycles. The monoisotopic (exact) mass is 330 g/mol. The maximum atomic E-state index is 12.6. The molecular formula is C15H16Cl2O2S. The third-order valence-electron chi connectivity index (χ3n) is 4.14. The normalized spacial score (nSPS) is 29.8. The first-order valence-corrected chi connectivity index (χ1v) is 8.72. The Morgan fingerprint density at radius 3 is 2.90 bits per heavy atom. The van der Waals surface area contributed by atoms with Crippen LogP contribution < -0.4 is 0 Å². The van der Waals surface area contributed by atoms with E-state index in [1.165, 1.54) is 0 Å². The smallest absolute Gasteiger partial charge is 0.166 e. The third-order valence-corrected chi connectivity index (χ3v) is 6.10. The van der Waals surface area contributed by atoms with E-state index in [4.69, 9.17) is 27.9 Å². The molecular weight excluding hydrogens is 315 g/mol. The molecule has 0 radical (unpaired) electrons. The van der Waals surface area contributed by atoms with Gasteiger partial charge in [0, 0.05) is 23.8 Å². The zero-order chi connectivity index (χ0) is 14.2. The average Bonchev–Trinajstić information content (AvgIpc) is 2.89. The van der Waals surface area contributed by atoms with Crippen LogP contribution in [0.3, 0.4) is 0 Å². The number of benzene rings is 1. The van der Waals surface area contributed by atoms with Gasteiger partial charge < -0.3 is 4.74 Å². The summed E-state index contributed by atoms with van der Waals surface area (Å²) in [6, 6.07) is 5.14. The number of hydrogen-bond acceptors (Lipinski definition) is 3. The van der Waals surface area contributed by atoms with Gasteiger partial charge in [0.2, 0.25) is 0 Å². The fraction of sp³-hybridized carbons (Fsp3) is 0.533. The van der Waals surface area contributed by atoms with Crippen molar-refractivity contribution in [3.63, 3.8) is 0 Å². The summed E-state index contributed by atoms with van der Waals surface area (Å²) in [5.74, 6) is 2.36. The first-order valence-electron chi connectivity index (χ1n) is 6.81. The van der Waals surface area contributed by atoms with Gasteiger partial charge in [0.15, 0.2) is 5.78 Å². The molecule has 5 heteroatoms. The van der Waals surface area contributed by atoms with Crippen molar-refractivity contribution in [1.82, 2.24) is 0 Å². The SMILES string of the molecule is O=C(c1ccc(Cl)c(Cl)c1)C1CCOC2(CCSC2)C1. The minimum Gasteiger partial charge on any atom is -0.374 e. The fourth-order valence-corrected chi connectivity index (χ4v) is 4.68. The highest BCUT2D eigenvalue weighted by atomic mass is 35.5. The Morgan fingerprint density at radius 1 is 1.35 bits per heavy atom. The Balaban J connectivity index is 1.77. The Bertz CT molecular complexity index is 527. The molecule has 0 amide bonds. The zero-order valence-electron chi connectivity index (χ0n) is 11.0. The predicted molar refractivity (Wildman–Crippen MR) is 84.1 cm³/mol. The van der Waals surface area contributed by atoms with Crippen molar-refractivity contribution in [2.45, 2.75) is 24.9 Å². The molecule has 2 heterocycles. The highest BCUT2D eigenvalue weighted by molar-refractivity contribution is 7.99. The van der Waals surface area contributed by atoms with E-state index in [0.717, 1.165) is 30.8 Å². The number of carbonyl (C=O) groups excluding carboxylic acids is 1. The van der Waals surface area contributed by atoms with Gasteiger partial charge in [-0.15, -0.1) is 0 Å². The molecule has 2 atom stereocenters. The number of hydrogen-bond donors (Lipinski definition) is 0. The molecule has 1 aromatic carbocycles. The van der Waals surface area contributed by atoms with Crippen LogP contribution in [0.5, 0.6) is 0 Å². The number of thioether (sulfide) groups is 1. The topological polar surface area (TPSA) is 26.3 Å². The maximum absolute atomic E-state index is 12.6. The van der Waals surface area contributed by atoms with Crippen molar-refractivity contribution in [3.8, 4) is 0 Å². The standard InChI is InChI=1S/C15H16Cl2O2S/c16-12-2-1-10(7-13(12)17)14(18)11-3-5-19-15(8-11)4-6-20-9-15/h1-2,7,11H,3-6,8-9H2. The second-order valence-corrected chi connectivity index (χ2v) is 7.44. The highest BCUT2D eigenvalue weighted by Crippen LogP contribution is 2.41. The summed E-state index contributed by atoms with van der Waals surface area (Å²) in [6.07, 6.45) is 2.69. The van der Waals surface area contributed by atoms with Crippen LogP contribution in [0.4, 0.5) is 0 Å². The third kappa shape index (κ3) is 2.87. The Hall–Kier alpha value is -0.220. The number of ketones is 1. The van der Waals surface area contributed by atoms with Crippen LogP contribution in [-0.4, -0.2) is 29.5 Å². The number of Topliss-reactive ketones (excluding diaryl/α,β-unsaturated/α-hetero) is 1. The lowest BCUT2D eigenvalue weighted by molar-refractivity contribution is -0.0734. The molecule has 0 aromatic heterocycles. The number of rotatable bonds is 2. The molecule has 2 fully saturated rings. The summed E-state index contributed by atoms with van der Waals surface area (Å²) >= 11 is 13.8. The summed E-state index contributed by atoms with van der Waals surface area (Å²) in [5.41, 5.74) is 0.589. The summed E-state index contributed by atoms with van der Waals surface area (Å²) in [5, 5.41) is 0.926. The molecule has 2 unspecified atom stereocenters. The van der Waals surface area contributed by atoms with Crippen LogP contribution in [0.2, 0.25) is 10.0 Å². The lowest BCUT2D eigenvalue weighted by Crippen LogP contribution is -2.42. The molecule has 0 aliphatic carbocycles. The molecule has 0 saturated carbocycles. The summed E-state index contributed by atoms with van der Waals surface area (Å²) in [6.45, 7) is 0.679. The Kier molecular flexibility index (Phi) is 4.32. The van der Waals surface area contributed by atoms with Gasteiger partial charge in [-0.05, 0) is 43.2 Å². The Labute approximate surface area is 133 Å².